The molecule has 1 rings (SSSR count). The molecule has 3 heteroatoms. The first kappa shape index (κ1) is 12.5. The minimum atomic E-state index is -0.134. The predicted octanol–water partition coefficient (Wildman–Crippen LogP) is 2.09. The lowest BCUT2D eigenvalue weighted by Crippen LogP contribution is -2.34. The van der Waals surface area contributed by atoms with Crippen molar-refractivity contribution in [3.05, 3.63) is 0 Å². The van der Waals surface area contributed by atoms with E-state index in [1.54, 1.807) is 0 Å². The van der Waals surface area contributed by atoms with Gasteiger partial charge in [0.05, 0.1) is 5.92 Å². The first-order chi connectivity index (χ1) is 6.92. The predicted molar refractivity (Wildman–Crippen MR) is 60.3 cm³/mol. The zero-order valence-electron chi connectivity index (χ0n) is 10.1. The van der Waals surface area contributed by atoms with Crippen LogP contribution < -0.4 is 5.73 Å². The van der Waals surface area contributed by atoms with Crippen molar-refractivity contribution in [2.45, 2.75) is 52.6 Å². The first-order valence-electron chi connectivity index (χ1n) is 5.83. The summed E-state index contributed by atoms with van der Waals surface area (Å²) in [5, 5.41) is 0. The molecule has 0 spiro atoms. The maximum absolute atomic E-state index is 11.8. The summed E-state index contributed by atoms with van der Waals surface area (Å²) in [6.07, 6.45) is 4.21. The summed E-state index contributed by atoms with van der Waals surface area (Å²) in [5.41, 5.74) is 5.74. The van der Waals surface area contributed by atoms with Crippen LogP contribution in [-0.4, -0.2) is 18.6 Å². The molecule has 0 heterocycles. The number of ether oxygens (including phenoxy) is 1. The molecule has 2 N–H and O–H groups in total. The van der Waals surface area contributed by atoms with Crippen LogP contribution in [-0.2, 0) is 9.53 Å². The van der Waals surface area contributed by atoms with Crippen LogP contribution in [0.3, 0.4) is 0 Å². The summed E-state index contributed by atoms with van der Waals surface area (Å²) < 4.78 is 5.37. The van der Waals surface area contributed by atoms with Crippen LogP contribution in [0.4, 0.5) is 0 Å². The largest absolute Gasteiger partial charge is 0.462 e. The SMILES string of the molecule is CC(C)(C)CC(CN)C(=O)OC1CCC1. The molecule has 1 unspecified atom stereocenters. The minimum absolute atomic E-state index is 0.0999. The van der Waals surface area contributed by atoms with Crippen molar-refractivity contribution in [1.82, 2.24) is 0 Å². The van der Waals surface area contributed by atoms with E-state index >= 15 is 0 Å². The molecule has 0 aromatic rings. The van der Waals surface area contributed by atoms with Gasteiger partial charge in [0.1, 0.15) is 6.10 Å². The highest BCUT2D eigenvalue weighted by atomic mass is 16.5. The van der Waals surface area contributed by atoms with Crippen molar-refractivity contribution in [1.29, 1.82) is 0 Å². The second kappa shape index (κ2) is 4.97. The number of carbonyl (C=O) groups is 1. The highest BCUT2D eigenvalue weighted by Crippen LogP contribution is 2.27. The smallest absolute Gasteiger partial charge is 0.310 e. The minimum Gasteiger partial charge on any atom is -0.462 e. The second-order valence-electron chi connectivity index (χ2n) is 5.69. The Balaban J connectivity index is 2.38. The Kier molecular flexibility index (Phi) is 4.14. The summed E-state index contributed by atoms with van der Waals surface area (Å²) >= 11 is 0. The van der Waals surface area contributed by atoms with Gasteiger partial charge in [0.2, 0.25) is 0 Å². The summed E-state index contributed by atoms with van der Waals surface area (Å²) in [7, 11) is 0. The van der Waals surface area contributed by atoms with Crippen LogP contribution in [0.1, 0.15) is 46.5 Å². The fourth-order valence-corrected chi connectivity index (χ4v) is 1.75. The summed E-state index contributed by atoms with van der Waals surface area (Å²) in [5.74, 6) is -0.234. The fourth-order valence-electron chi connectivity index (χ4n) is 1.75. The third-order valence-electron chi connectivity index (χ3n) is 2.81. The quantitative estimate of drug-likeness (QED) is 0.727. The molecule has 0 saturated heterocycles. The van der Waals surface area contributed by atoms with Gasteiger partial charge in [-0.05, 0) is 31.1 Å². The zero-order chi connectivity index (χ0) is 11.5. The fraction of sp³-hybridized carbons (Fsp3) is 0.917. The van der Waals surface area contributed by atoms with Crippen molar-refractivity contribution in [3.8, 4) is 0 Å². The average molecular weight is 213 g/mol. The third-order valence-corrected chi connectivity index (χ3v) is 2.81. The van der Waals surface area contributed by atoms with Crippen LogP contribution in [0.5, 0.6) is 0 Å². The Labute approximate surface area is 92.4 Å². The van der Waals surface area contributed by atoms with Crippen molar-refractivity contribution in [2.24, 2.45) is 17.1 Å². The van der Waals surface area contributed by atoms with Crippen molar-refractivity contribution in [3.63, 3.8) is 0 Å². The second-order valence-corrected chi connectivity index (χ2v) is 5.69. The van der Waals surface area contributed by atoms with Gasteiger partial charge in [0, 0.05) is 6.54 Å². The average Bonchev–Trinajstić information content (AvgIpc) is 2.05. The topological polar surface area (TPSA) is 52.3 Å². The lowest BCUT2D eigenvalue weighted by molar-refractivity contribution is -0.158. The number of carbonyl (C=O) groups excluding carboxylic acids is 1. The maximum atomic E-state index is 11.8. The van der Waals surface area contributed by atoms with Crippen LogP contribution in [0, 0.1) is 11.3 Å². The van der Waals surface area contributed by atoms with Crippen molar-refractivity contribution >= 4 is 5.97 Å². The number of esters is 1. The first-order valence-corrected chi connectivity index (χ1v) is 5.83. The molecule has 1 aliphatic carbocycles. The van der Waals surface area contributed by atoms with Gasteiger partial charge >= 0.3 is 5.97 Å². The molecule has 0 bridgehead atoms. The van der Waals surface area contributed by atoms with Crippen LogP contribution >= 0.6 is 0 Å². The zero-order valence-corrected chi connectivity index (χ0v) is 10.1. The molecular formula is C12H23NO2. The Morgan fingerprint density at radius 1 is 1.47 bits per heavy atom. The normalized spacial score (nSPS) is 19.5. The molecule has 1 saturated carbocycles. The number of hydrogen-bond donors (Lipinski definition) is 1. The monoisotopic (exact) mass is 213 g/mol. The summed E-state index contributed by atoms with van der Waals surface area (Å²) in [6.45, 7) is 6.74. The van der Waals surface area contributed by atoms with Gasteiger partial charge in [0.25, 0.3) is 0 Å². The van der Waals surface area contributed by atoms with Crippen LogP contribution in [0.15, 0.2) is 0 Å². The molecule has 3 nitrogen and oxygen atoms in total. The van der Waals surface area contributed by atoms with E-state index in [-0.39, 0.29) is 23.4 Å². The standard InChI is InChI=1S/C12H23NO2/c1-12(2,3)7-9(8-13)11(14)15-10-5-4-6-10/h9-10H,4-8,13H2,1-3H3. The van der Waals surface area contributed by atoms with Crippen molar-refractivity contribution in [2.75, 3.05) is 6.54 Å². The van der Waals surface area contributed by atoms with E-state index in [9.17, 15) is 4.79 Å². The van der Waals surface area contributed by atoms with Gasteiger partial charge in [-0.15, -0.1) is 0 Å². The molecule has 0 amide bonds. The molecule has 0 aromatic carbocycles. The van der Waals surface area contributed by atoms with E-state index in [1.807, 2.05) is 0 Å². The van der Waals surface area contributed by atoms with Crippen LogP contribution in [0.2, 0.25) is 0 Å². The Hall–Kier alpha value is -0.570. The summed E-state index contributed by atoms with van der Waals surface area (Å²) in [6, 6.07) is 0. The molecule has 1 aliphatic rings. The highest BCUT2D eigenvalue weighted by molar-refractivity contribution is 5.73. The lowest BCUT2D eigenvalue weighted by atomic mass is 9.84. The molecule has 88 valence electrons. The van der Waals surface area contributed by atoms with E-state index < -0.39 is 0 Å². The Bertz CT molecular complexity index is 216. The van der Waals surface area contributed by atoms with Crippen molar-refractivity contribution < 1.29 is 9.53 Å². The van der Waals surface area contributed by atoms with Gasteiger partial charge in [-0.3, -0.25) is 4.79 Å². The van der Waals surface area contributed by atoms with E-state index in [4.69, 9.17) is 10.5 Å². The number of rotatable bonds is 4. The van der Waals surface area contributed by atoms with Gasteiger partial charge in [-0.25, -0.2) is 0 Å². The molecule has 1 atom stereocenters. The van der Waals surface area contributed by atoms with E-state index in [2.05, 4.69) is 20.8 Å². The third kappa shape index (κ3) is 4.20. The summed E-state index contributed by atoms with van der Waals surface area (Å²) in [4.78, 5) is 11.8. The lowest BCUT2D eigenvalue weighted by Gasteiger charge is -2.29. The molecule has 15 heavy (non-hydrogen) atoms. The number of nitrogens with two attached hydrogens (primary N) is 1. The maximum Gasteiger partial charge on any atom is 0.310 e. The van der Waals surface area contributed by atoms with Gasteiger partial charge in [0.15, 0.2) is 0 Å². The number of hydrogen-bond acceptors (Lipinski definition) is 3. The van der Waals surface area contributed by atoms with E-state index in [0.29, 0.717) is 6.54 Å². The van der Waals surface area contributed by atoms with E-state index in [0.717, 1.165) is 19.3 Å². The van der Waals surface area contributed by atoms with Gasteiger partial charge in [-0.1, -0.05) is 20.8 Å². The Morgan fingerprint density at radius 2 is 2.07 bits per heavy atom. The van der Waals surface area contributed by atoms with E-state index in [1.165, 1.54) is 6.42 Å². The highest BCUT2D eigenvalue weighted by Gasteiger charge is 2.29. The molecule has 0 radical (unpaired) electrons. The molecular weight excluding hydrogens is 190 g/mol. The molecule has 0 aliphatic heterocycles. The molecule has 1 fully saturated rings. The Morgan fingerprint density at radius 3 is 2.40 bits per heavy atom. The van der Waals surface area contributed by atoms with Crippen LogP contribution in [0.25, 0.3) is 0 Å². The molecule has 0 aromatic heterocycles. The van der Waals surface area contributed by atoms with Gasteiger partial charge < -0.3 is 10.5 Å². The van der Waals surface area contributed by atoms with Gasteiger partial charge in [-0.2, -0.15) is 0 Å².